The van der Waals surface area contributed by atoms with Gasteiger partial charge in [-0.3, -0.25) is 0 Å². The maximum absolute atomic E-state index is 4.26. The van der Waals surface area contributed by atoms with Crippen molar-refractivity contribution in [2.24, 2.45) is 0 Å². The van der Waals surface area contributed by atoms with Gasteiger partial charge >= 0.3 is 0 Å². The molecule has 0 aliphatic carbocycles. The molecule has 0 aromatic carbocycles. The Labute approximate surface area is 92.5 Å². The summed E-state index contributed by atoms with van der Waals surface area (Å²) in [6, 6.07) is 0.388. The van der Waals surface area contributed by atoms with E-state index in [1.807, 2.05) is 16.3 Å². The van der Waals surface area contributed by atoms with Crippen LogP contribution in [-0.4, -0.2) is 42.8 Å². The van der Waals surface area contributed by atoms with Crippen LogP contribution >= 0.6 is 0 Å². The van der Waals surface area contributed by atoms with Gasteiger partial charge in [-0.1, -0.05) is 5.21 Å². The molecule has 1 aliphatic rings. The Morgan fingerprint density at radius 3 is 3.06 bits per heavy atom. The molecule has 7 nitrogen and oxygen atoms in total. The highest BCUT2D eigenvalue weighted by Crippen LogP contribution is 2.20. The average Bonchev–Trinajstić information content (AvgIpc) is 2.81. The molecule has 0 bridgehead atoms. The van der Waals surface area contributed by atoms with E-state index in [9.17, 15) is 0 Å². The maximum Gasteiger partial charge on any atom is 0.178 e. The topological polar surface area (TPSA) is 73.5 Å². The van der Waals surface area contributed by atoms with Crippen molar-refractivity contribution in [3.8, 4) is 11.5 Å². The highest BCUT2D eigenvalue weighted by molar-refractivity contribution is 5.47. The lowest BCUT2D eigenvalue weighted by Crippen LogP contribution is -2.44. The predicted molar refractivity (Wildman–Crippen MR) is 56.6 cm³/mol. The molecule has 0 unspecified atom stereocenters. The third-order valence-electron chi connectivity index (χ3n) is 2.82. The van der Waals surface area contributed by atoms with E-state index in [4.69, 9.17) is 0 Å². The first-order valence-electron chi connectivity index (χ1n) is 5.39. The molecule has 1 saturated heterocycles. The normalized spacial score (nSPS) is 16.3. The molecule has 7 heteroatoms. The largest absolute Gasteiger partial charge is 0.312 e. The molecular formula is C9H13N7. The van der Waals surface area contributed by atoms with Crippen LogP contribution in [0.15, 0.2) is 12.5 Å². The van der Waals surface area contributed by atoms with Crippen molar-refractivity contribution in [3.05, 3.63) is 12.5 Å². The molecule has 1 aliphatic heterocycles. The average molecular weight is 219 g/mol. The van der Waals surface area contributed by atoms with E-state index in [1.54, 1.807) is 12.5 Å². The molecule has 0 spiro atoms. The van der Waals surface area contributed by atoms with Crippen LogP contribution in [0.5, 0.6) is 0 Å². The molecule has 16 heavy (non-hydrogen) atoms. The molecule has 2 aromatic heterocycles. The number of nitrogens with one attached hydrogen (secondary N) is 1. The van der Waals surface area contributed by atoms with Crippen LogP contribution in [0.2, 0.25) is 0 Å². The summed E-state index contributed by atoms with van der Waals surface area (Å²) in [5, 5.41) is 15.5. The second kappa shape index (κ2) is 3.67. The van der Waals surface area contributed by atoms with Gasteiger partial charge < -0.3 is 5.32 Å². The van der Waals surface area contributed by atoms with Gasteiger partial charge in [0.25, 0.3) is 0 Å². The van der Waals surface area contributed by atoms with Gasteiger partial charge in [-0.25, -0.2) is 14.3 Å². The number of nitrogens with zero attached hydrogens (tertiary/aromatic N) is 6. The Balaban J connectivity index is 2.02. The van der Waals surface area contributed by atoms with Crippen LogP contribution in [0, 0.1) is 0 Å². The lowest BCUT2D eigenvalue weighted by atomic mass is 10.2. The molecule has 0 radical (unpaired) electrons. The summed E-state index contributed by atoms with van der Waals surface area (Å²) in [5.41, 5.74) is 0.936. The number of aryl methyl sites for hydroxylation is 1. The molecule has 0 amide bonds. The van der Waals surface area contributed by atoms with E-state index >= 15 is 0 Å². The molecule has 3 rings (SSSR count). The standard InChI is InChI=1S/C9H13N7/c1-2-15-9(11-6-13-15)8-5-12-14-16(8)7-3-10-4-7/h5-7,10H,2-4H2,1H3. The van der Waals surface area contributed by atoms with Crippen LogP contribution in [-0.2, 0) is 6.54 Å². The third-order valence-corrected chi connectivity index (χ3v) is 2.82. The molecular weight excluding hydrogens is 206 g/mol. The van der Waals surface area contributed by atoms with E-state index < -0.39 is 0 Å². The van der Waals surface area contributed by atoms with Crippen LogP contribution in [0.3, 0.4) is 0 Å². The molecule has 0 atom stereocenters. The second-order valence-corrected chi connectivity index (χ2v) is 3.78. The van der Waals surface area contributed by atoms with E-state index in [0.717, 1.165) is 31.2 Å². The van der Waals surface area contributed by atoms with Gasteiger partial charge in [-0.05, 0) is 6.92 Å². The number of hydrogen-bond donors (Lipinski definition) is 1. The Morgan fingerprint density at radius 2 is 2.38 bits per heavy atom. The van der Waals surface area contributed by atoms with Crippen molar-refractivity contribution >= 4 is 0 Å². The van der Waals surface area contributed by atoms with Gasteiger partial charge in [-0.15, -0.1) is 5.10 Å². The van der Waals surface area contributed by atoms with Gasteiger partial charge in [0.05, 0.1) is 12.2 Å². The zero-order valence-electron chi connectivity index (χ0n) is 9.04. The van der Waals surface area contributed by atoms with Crippen molar-refractivity contribution in [2.75, 3.05) is 13.1 Å². The van der Waals surface area contributed by atoms with Crippen molar-refractivity contribution < 1.29 is 0 Å². The van der Waals surface area contributed by atoms with Crippen molar-refractivity contribution in [3.63, 3.8) is 0 Å². The second-order valence-electron chi connectivity index (χ2n) is 3.78. The number of hydrogen-bond acceptors (Lipinski definition) is 5. The summed E-state index contributed by atoms with van der Waals surface area (Å²) in [7, 11) is 0. The van der Waals surface area contributed by atoms with E-state index in [2.05, 4.69) is 25.7 Å². The quantitative estimate of drug-likeness (QED) is 0.767. The van der Waals surface area contributed by atoms with Crippen LogP contribution < -0.4 is 5.32 Å². The first-order chi connectivity index (χ1) is 7.90. The summed E-state index contributed by atoms with van der Waals surface area (Å²) >= 11 is 0. The highest BCUT2D eigenvalue weighted by atomic mass is 15.5. The van der Waals surface area contributed by atoms with Gasteiger partial charge in [0.2, 0.25) is 0 Å². The number of aromatic nitrogens is 6. The van der Waals surface area contributed by atoms with Gasteiger partial charge in [0.15, 0.2) is 5.82 Å². The molecule has 0 saturated carbocycles. The Bertz CT molecular complexity index is 482. The highest BCUT2D eigenvalue weighted by Gasteiger charge is 2.24. The predicted octanol–water partition coefficient (Wildman–Crippen LogP) is -0.299. The number of rotatable bonds is 3. The molecule has 2 aromatic rings. The monoisotopic (exact) mass is 219 g/mol. The summed E-state index contributed by atoms with van der Waals surface area (Å²) < 4.78 is 3.77. The zero-order chi connectivity index (χ0) is 11.0. The Hall–Kier alpha value is -1.76. The maximum atomic E-state index is 4.26. The van der Waals surface area contributed by atoms with E-state index in [-0.39, 0.29) is 0 Å². The minimum Gasteiger partial charge on any atom is -0.312 e. The Morgan fingerprint density at radius 1 is 1.50 bits per heavy atom. The molecule has 1 N–H and O–H groups in total. The minimum atomic E-state index is 0.388. The van der Waals surface area contributed by atoms with E-state index in [1.165, 1.54) is 0 Å². The van der Waals surface area contributed by atoms with Crippen molar-refractivity contribution in [1.82, 2.24) is 35.1 Å². The lowest BCUT2D eigenvalue weighted by Gasteiger charge is -2.27. The van der Waals surface area contributed by atoms with Crippen LogP contribution in [0.1, 0.15) is 13.0 Å². The summed E-state index contributed by atoms with van der Waals surface area (Å²) in [6.45, 7) is 4.72. The fourth-order valence-electron chi connectivity index (χ4n) is 1.81. The molecule has 3 heterocycles. The van der Waals surface area contributed by atoms with Crippen molar-refractivity contribution in [1.29, 1.82) is 0 Å². The van der Waals surface area contributed by atoms with Gasteiger partial charge in [-0.2, -0.15) is 5.10 Å². The van der Waals surface area contributed by atoms with Crippen LogP contribution in [0.25, 0.3) is 11.5 Å². The zero-order valence-corrected chi connectivity index (χ0v) is 9.04. The molecule has 84 valence electrons. The summed E-state index contributed by atoms with van der Waals surface area (Å²) in [5.74, 6) is 0.833. The fraction of sp³-hybridized carbons (Fsp3) is 0.556. The first kappa shape index (κ1) is 9.46. The van der Waals surface area contributed by atoms with Gasteiger partial charge in [0.1, 0.15) is 12.0 Å². The third kappa shape index (κ3) is 1.32. The summed E-state index contributed by atoms with van der Waals surface area (Å²) in [6.07, 6.45) is 3.31. The first-order valence-corrected chi connectivity index (χ1v) is 5.39. The van der Waals surface area contributed by atoms with Crippen LogP contribution in [0.4, 0.5) is 0 Å². The molecule has 1 fully saturated rings. The smallest absolute Gasteiger partial charge is 0.178 e. The summed E-state index contributed by atoms with van der Waals surface area (Å²) in [4.78, 5) is 4.26. The van der Waals surface area contributed by atoms with Gasteiger partial charge in [0, 0.05) is 19.6 Å². The van der Waals surface area contributed by atoms with E-state index in [0.29, 0.717) is 6.04 Å². The van der Waals surface area contributed by atoms with Crippen molar-refractivity contribution in [2.45, 2.75) is 19.5 Å². The fourth-order valence-corrected chi connectivity index (χ4v) is 1.81. The Kier molecular flexibility index (Phi) is 2.17. The minimum absolute atomic E-state index is 0.388. The SMILES string of the molecule is CCn1ncnc1-c1cnnn1C1CNC1. The lowest BCUT2D eigenvalue weighted by molar-refractivity contribution is 0.315.